The van der Waals surface area contributed by atoms with Gasteiger partial charge in [-0.15, -0.1) is 0 Å². The third kappa shape index (κ3) is 5.89. The van der Waals surface area contributed by atoms with E-state index in [0.717, 1.165) is 74.7 Å². The topological polar surface area (TPSA) is 169 Å². The van der Waals surface area contributed by atoms with Gasteiger partial charge >= 0.3 is 6.09 Å². The van der Waals surface area contributed by atoms with Gasteiger partial charge in [0, 0.05) is 50.3 Å². The van der Waals surface area contributed by atoms with Crippen LogP contribution in [0, 0.1) is 5.92 Å². The van der Waals surface area contributed by atoms with Crippen LogP contribution in [0.4, 0.5) is 10.6 Å². The van der Waals surface area contributed by atoms with Gasteiger partial charge in [0.2, 0.25) is 0 Å². The minimum atomic E-state index is -0.347. The molecule has 4 aromatic heterocycles. The Morgan fingerprint density at radius 2 is 1.71 bits per heavy atom. The highest BCUT2D eigenvalue weighted by Crippen LogP contribution is 2.48. The van der Waals surface area contributed by atoms with Crippen LogP contribution in [-0.2, 0) is 14.2 Å². The van der Waals surface area contributed by atoms with E-state index in [1.807, 2.05) is 35.8 Å². The number of carbonyl (C=O) groups is 1. The van der Waals surface area contributed by atoms with Crippen LogP contribution >= 0.6 is 0 Å². The summed E-state index contributed by atoms with van der Waals surface area (Å²) >= 11 is 0. The Balaban J connectivity index is 0.912. The third-order valence-corrected chi connectivity index (χ3v) is 10.5. The van der Waals surface area contributed by atoms with Gasteiger partial charge in [-0.2, -0.15) is 5.10 Å². The van der Waals surface area contributed by atoms with Crippen LogP contribution in [0.1, 0.15) is 101 Å². The van der Waals surface area contributed by atoms with Gasteiger partial charge in [0.1, 0.15) is 23.5 Å². The molecule has 48 heavy (non-hydrogen) atoms. The maximum Gasteiger partial charge on any atom is 0.409 e. The van der Waals surface area contributed by atoms with Gasteiger partial charge in [0.05, 0.1) is 30.8 Å². The Hall–Kier alpha value is -4.17. The average molecular weight is 658 g/mol. The highest BCUT2D eigenvalue weighted by atomic mass is 16.7. The Morgan fingerprint density at radius 1 is 0.979 bits per heavy atom. The largest absolute Gasteiger partial charge is 0.449 e. The molecule has 4 aliphatic rings. The minimum Gasteiger partial charge on any atom is -0.449 e. The molecule has 4 aromatic rings. The highest BCUT2D eigenvalue weighted by molar-refractivity contribution is 6.00. The maximum absolute atomic E-state index is 12.8. The van der Waals surface area contributed by atoms with Crippen molar-refractivity contribution in [1.82, 2.24) is 39.8 Å². The molecule has 0 unspecified atom stereocenters. The molecule has 0 aromatic carbocycles. The second kappa shape index (κ2) is 12.7. The fourth-order valence-corrected chi connectivity index (χ4v) is 7.50. The number of likely N-dealkylation sites (tertiary alicyclic amines) is 1. The molecular formula is C34H43N9O5. The zero-order valence-corrected chi connectivity index (χ0v) is 27.6. The molecule has 0 bridgehead atoms. The van der Waals surface area contributed by atoms with Crippen molar-refractivity contribution in [2.75, 3.05) is 38.6 Å². The van der Waals surface area contributed by atoms with E-state index in [4.69, 9.17) is 39.5 Å². The lowest BCUT2D eigenvalue weighted by Gasteiger charge is -2.35. The summed E-state index contributed by atoms with van der Waals surface area (Å²) in [6.45, 7) is 7.20. The molecule has 6 heterocycles. The quantitative estimate of drug-likeness (QED) is 0.249. The van der Waals surface area contributed by atoms with Crippen LogP contribution in [0.5, 0.6) is 0 Å². The molecule has 0 atom stereocenters. The molecule has 4 fully saturated rings. The molecule has 2 N–H and O–H groups in total. The lowest BCUT2D eigenvalue weighted by atomic mass is 9.83. The molecule has 2 aliphatic carbocycles. The predicted octanol–water partition coefficient (Wildman–Crippen LogP) is 5.62. The van der Waals surface area contributed by atoms with Crippen LogP contribution in [0.2, 0.25) is 0 Å². The van der Waals surface area contributed by atoms with Crippen molar-refractivity contribution in [3.63, 3.8) is 0 Å². The number of rotatable bonds is 8. The molecule has 1 spiro atoms. The molecule has 8 rings (SSSR count). The molecule has 2 saturated heterocycles. The summed E-state index contributed by atoms with van der Waals surface area (Å²) in [5.74, 6) is 2.38. The van der Waals surface area contributed by atoms with Gasteiger partial charge < -0.3 is 29.4 Å². The van der Waals surface area contributed by atoms with E-state index in [9.17, 15) is 4.79 Å². The fourth-order valence-electron chi connectivity index (χ4n) is 7.50. The number of nitrogens with zero attached hydrogens (tertiary/aromatic N) is 8. The molecule has 14 heteroatoms. The van der Waals surface area contributed by atoms with Crippen molar-refractivity contribution in [3.8, 4) is 22.8 Å². The lowest BCUT2D eigenvalue weighted by Crippen LogP contribution is -2.39. The van der Waals surface area contributed by atoms with Crippen LogP contribution < -0.4 is 5.73 Å². The first-order valence-corrected chi connectivity index (χ1v) is 17.4. The van der Waals surface area contributed by atoms with Gasteiger partial charge in [-0.1, -0.05) is 5.16 Å². The van der Waals surface area contributed by atoms with Crippen LogP contribution in [0.15, 0.2) is 23.2 Å². The van der Waals surface area contributed by atoms with E-state index >= 15 is 0 Å². The van der Waals surface area contributed by atoms with Crippen LogP contribution in [0.25, 0.3) is 33.8 Å². The number of aromatic nitrogens is 7. The number of piperidine rings is 1. The van der Waals surface area contributed by atoms with Gasteiger partial charge in [-0.3, -0.25) is 0 Å². The Morgan fingerprint density at radius 3 is 2.40 bits per heavy atom. The van der Waals surface area contributed by atoms with Gasteiger partial charge in [-0.25, -0.2) is 29.4 Å². The minimum absolute atomic E-state index is 0.0512. The predicted molar refractivity (Wildman–Crippen MR) is 175 cm³/mol. The van der Waals surface area contributed by atoms with Crippen LogP contribution in [-0.4, -0.2) is 84.6 Å². The van der Waals surface area contributed by atoms with Crippen molar-refractivity contribution in [2.45, 2.75) is 95.3 Å². The summed E-state index contributed by atoms with van der Waals surface area (Å²) in [5.41, 5.74) is 9.90. The Kier molecular flexibility index (Phi) is 8.23. The zero-order chi connectivity index (χ0) is 32.8. The fraction of sp³-hybridized carbons (Fsp3) is 0.618. The number of hydrogen-bond acceptors (Lipinski definition) is 12. The molecule has 2 saturated carbocycles. The van der Waals surface area contributed by atoms with Gasteiger partial charge in [-0.05, 0) is 76.2 Å². The summed E-state index contributed by atoms with van der Waals surface area (Å²) in [7, 11) is 0. The molecular weight excluding hydrogens is 614 g/mol. The summed E-state index contributed by atoms with van der Waals surface area (Å²) in [5, 5.41) is 10.00. The van der Waals surface area contributed by atoms with Crippen LogP contribution in [0.3, 0.4) is 0 Å². The van der Waals surface area contributed by atoms with E-state index < -0.39 is 0 Å². The maximum atomic E-state index is 12.8. The monoisotopic (exact) mass is 657 g/mol. The number of hydrogen-bond donors (Lipinski definition) is 1. The highest BCUT2D eigenvalue weighted by Gasteiger charge is 2.40. The van der Waals surface area contributed by atoms with Crippen molar-refractivity contribution >= 4 is 22.9 Å². The van der Waals surface area contributed by atoms with Crippen molar-refractivity contribution in [1.29, 1.82) is 0 Å². The second-order valence-electron chi connectivity index (χ2n) is 13.9. The van der Waals surface area contributed by atoms with E-state index in [0.29, 0.717) is 72.9 Å². The summed E-state index contributed by atoms with van der Waals surface area (Å²) < 4.78 is 25.1. The summed E-state index contributed by atoms with van der Waals surface area (Å²) in [6.07, 6.45) is 13.6. The number of amides is 1. The Labute approximate surface area is 278 Å². The molecule has 254 valence electrons. The molecule has 0 radical (unpaired) electrons. The first-order chi connectivity index (χ1) is 23.4. The summed E-state index contributed by atoms with van der Waals surface area (Å²) in [4.78, 5) is 33.0. The second-order valence-corrected chi connectivity index (χ2v) is 13.9. The standard InChI is InChI=1S/C34H43N9O5/c1-20(2)43-32-26(30(35)38-19-39-32)27(40-43)28-25(29(48-41-28)23-3-4-23)31-36-17-24(18-37-31)22-7-12-42(13-8-22)33(44)45-14-9-21-5-10-34(11-6-21)46-15-16-47-34/h17-23H,3-16H2,1-2H3,(H2,35,38,39). The summed E-state index contributed by atoms with van der Waals surface area (Å²) in [6, 6.07) is 0.0512. The van der Waals surface area contributed by atoms with E-state index in [1.165, 1.54) is 6.33 Å². The van der Waals surface area contributed by atoms with E-state index in [1.54, 1.807) is 0 Å². The molecule has 14 nitrogen and oxygen atoms in total. The lowest BCUT2D eigenvalue weighted by molar-refractivity contribution is -0.183. The number of fused-ring (bicyclic) bond motifs is 1. The zero-order valence-electron chi connectivity index (χ0n) is 27.6. The van der Waals surface area contributed by atoms with E-state index in [-0.39, 0.29) is 29.8 Å². The average Bonchev–Trinajstić information content (AvgIpc) is 3.49. The van der Waals surface area contributed by atoms with Gasteiger partial charge in [0.25, 0.3) is 0 Å². The molecule has 1 amide bonds. The van der Waals surface area contributed by atoms with Crippen molar-refractivity contribution < 1.29 is 23.5 Å². The number of carbonyl (C=O) groups excluding carboxylic acids is 1. The number of nitrogens with two attached hydrogens (primary N) is 1. The number of anilines is 1. The smallest absolute Gasteiger partial charge is 0.409 e. The SMILES string of the molecule is CC(C)n1nc(-c2noc(C3CC3)c2-c2ncc(C3CCN(C(=O)OCCC4CCC5(CC4)OCCO5)CC3)cn2)c2c(N)ncnc21. The first kappa shape index (κ1) is 31.1. The Bertz CT molecular complexity index is 1760. The van der Waals surface area contributed by atoms with Crippen molar-refractivity contribution in [3.05, 3.63) is 30.0 Å². The number of ether oxygens (including phenoxy) is 3. The molecule has 2 aliphatic heterocycles. The normalized spacial score (nSPS) is 20.4. The van der Waals surface area contributed by atoms with Gasteiger partial charge in [0.15, 0.2) is 23.0 Å². The third-order valence-electron chi connectivity index (χ3n) is 10.5. The first-order valence-electron chi connectivity index (χ1n) is 17.4. The van der Waals surface area contributed by atoms with Crippen molar-refractivity contribution in [2.24, 2.45) is 5.92 Å². The number of nitrogen functional groups attached to an aromatic ring is 1. The van der Waals surface area contributed by atoms with E-state index in [2.05, 4.69) is 15.1 Å².